The Labute approximate surface area is 125 Å². The van der Waals surface area contributed by atoms with Gasteiger partial charge in [-0.25, -0.2) is 0 Å². The first kappa shape index (κ1) is 12.6. The van der Waals surface area contributed by atoms with Crippen LogP contribution in [0, 0.1) is 5.92 Å². The van der Waals surface area contributed by atoms with E-state index in [0.29, 0.717) is 24.2 Å². The molecule has 3 atom stereocenters. The van der Waals surface area contributed by atoms with Crippen molar-refractivity contribution in [3.63, 3.8) is 0 Å². The fraction of sp³-hybridized carbons (Fsp3) is 0.316. The second kappa shape index (κ2) is 5.03. The SMILES string of the molecule is O=C1C[C@H]2C[C@@H](c3ccccc3)c3ccccc3[C@@H]2CN1. The van der Waals surface area contributed by atoms with Crippen molar-refractivity contribution in [1.29, 1.82) is 0 Å². The van der Waals surface area contributed by atoms with Crippen molar-refractivity contribution in [2.75, 3.05) is 6.54 Å². The Hall–Kier alpha value is -2.09. The van der Waals surface area contributed by atoms with Crippen molar-refractivity contribution < 1.29 is 4.79 Å². The van der Waals surface area contributed by atoms with Gasteiger partial charge in [-0.05, 0) is 29.0 Å². The van der Waals surface area contributed by atoms with E-state index in [2.05, 4.69) is 59.9 Å². The lowest BCUT2D eigenvalue weighted by Gasteiger charge is -2.41. The van der Waals surface area contributed by atoms with Crippen LogP contribution in [0.25, 0.3) is 0 Å². The predicted molar refractivity (Wildman–Crippen MR) is 83.2 cm³/mol. The molecule has 0 spiro atoms. The zero-order valence-electron chi connectivity index (χ0n) is 12.0. The zero-order valence-corrected chi connectivity index (χ0v) is 12.0. The summed E-state index contributed by atoms with van der Waals surface area (Å²) >= 11 is 0. The van der Waals surface area contributed by atoms with Gasteiger partial charge in [0.2, 0.25) is 5.91 Å². The number of hydrogen-bond acceptors (Lipinski definition) is 1. The van der Waals surface area contributed by atoms with Crippen molar-refractivity contribution in [2.24, 2.45) is 5.92 Å². The summed E-state index contributed by atoms with van der Waals surface area (Å²) < 4.78 is 0. The number of carbonyl (C=O) groups is 1. The van der Waals surface area contributed by atoms with Crippen LogP contribution in [-0.2, 0) is 4.79 Å². The molecule has 1 heterocycles. The topological polar surface area (TPSA) is 29.1 Å². The highest BCUT2D eigenvalue weighted by molar-refractivity contribution is 5.77. The monoisotopic (exact) mass is 277 g/mol. The summed E-state index contributed by atoms with van der Waals surface area (Å²) in [6, 6.07) is 19.5. The highest BCUT2D eigenvalue weighted by Crippen LogP contribution is 2.47. The Balaban J connectivity index is 1.80. The van der Waals surface area contributed by atoms with E-state index in [-0.39, 0.29) is 5.91 Å². The van der Waals surface area contributed by atoms with Gasteiger partial charge in [0.25, 0.3) is 0 Å². The smallest absolute Gasteiger partial charge is 0.220 e. The molecule has 2 heteroatoms. The fourth-order valence-electron chi connectivity index (χ4n) is 4.05. The number of benzene rings is 2. The number of hydrogen-bond donors (Lipinski definition) is 1. The molecule has 0 aromatic heterocycles. The Kier molecular flexibility index (Phi) is 3.03. The van der Waals surface area contributed by atoms with Crippen LogP contribution in [0.3, 0.4) is 0 Å². The van der Waals surface area contributed by atoms with Crippen LogP contribution in [0.4, 0.5) is 0 Å². The average molecular weight is 277 g/mol. The Morgan fingerprint density at radius 1 is 0.905 bits per heavy atom. The number of nitrogens with one attached hydrogen (secondary N) is 1. The molecule has 1 amide bonds. The lowest BCUT2D eigenvalue weighted by molar-refractivity contribution is -0.124. The molecule has 2 aromatic carbocycles. The second-order valence-corrected chi connectivity index (χ2v) is 6.20. The van der Waals surface area contributed by atoms with E-state index < -0.39 is 0 Å². The lowest BCUT2D eigenvalue weighted by atomic mass is 9.66. The first-order chi connectivity index (χ1) is 10.3. The number of fused-ring (bicyclic) bond motifs is 3. The largest absolute Gasteiger partial charge is 0.355 e. The molecule has 106 valence electrons. The third kappa shape index (κ3) is 2.15. The van der Waals surface area contributed by atoms with Crippen LogP contribution in [0.5, 0.6) is 0 Å². The summed E-state index contributed by atoms with van der Waals surface area (Å²) in [5.41, 5.74) is 4.25. The molecule has 2 aliphatic rings. The summed E-state index contributed by atoms with van der Waals surface area (Å²) in [7, 11) is 0. The summed E-state index contributed by atoms with van der Waals surface area (Å²) in [6.07, 6.45) is 1.75. The molecular weight excluding hydrogens is 258 g/mol. The van der Waals surface area contributed by atoms with Crippen molar-refractivity contribution >= 4 is 5.91 Å². The van der Waals surface area contributed by atoms with Gasteiger partial charge < -0.3 is 5.32 Å². The standard InChI is InChI=1S/C19H19NO/c21-19-11-14-10-17(13-6-2-1-3-7-13)15-8-4-5-9-16(15)18(14)12-20-19/h1-9,14,17-18H,10-12H2,(H,20,21)/t14-,17+,18-/m1/s1. The number of rotatable bonds is 1. The zero-order chi connectivity index (χ0) is 14.2. The molecule has 4 rings (SSSR count). The van der Waals surface area contributed by atoms with Crippen LogP contribution >= 0.6 is 0 Å². The molecule has 2 aromatic rings. The van der Waals surface area contributed by atoms with E-state index in [9.17, 15) is 4.79 Å². The van der Waals surface area contributed by atoms with E-state index >= 15 is 0 Å². The van der Waals surface area contributed by atoms with Gasteiger partial charge >= 0.3 is 0 Å². The molecule has 0 bridgehead atoms. The van der Waals surface area contributed by atoms with Crippen LogP contribution < -0.4 is 5.32 Å². The van der Waals surface area contributed by atoms with Gasteiger partial charge in [-0.15, -0.1) is 0 Å². The third-order valence-electron chi connectivity index (χ3n) is 5.05. The number of amides is 1. The molecular formula is C19H19NO. The van der Waals surface area contributed by atoms with Gasteiger partial charge in [0.1, 0.15) is 0 Å². The average Bonchev–Trinajstić information content (AvgIpc) is 2.54. The maximum Gasteiger partial charge on any atom is 0.220 e. The van der Waals surface area contributed by atoms with Crippen molar-refractivity contribution in [1.82, 2.24) is 5.32 Å². The van der Waals surface area contributed by atoms with Gasteiger partial charge in [-0.2, -0.15) is 0 Å². The van der Waals surface area contributed by atoms with Gasteiger partial charge in [-0.1, -0.05) is 54.6 Å². The molecule has 1 N–H and O–H groups in total. The van der Waals surface area contributed by atoms with E-state index in [1.165, 1.54) is 16.7 Å². The van der Waals surface area contributed by atoms with Crippen LogP contribution in [0.1, 0.15) is 41.4 Å². The molecule has 0 unspecified atom stereocenters. The quantitative estimate of drug-likeness (QED) is 0.850. The maximum absolute atomic E-state index is 11.8. The minimum Gasteiger partial charge on any atom is -0.355 e. The first-order valence-electron chi connectivity index (χ1n) is 7.73. The Morgan fingerprint density at radius 3 is 2.43 bits per heavy atom. The predicted octanol–water partition coefficient (Wildman–Crippen LogP) is 3.44. The second-order valence-electron chi connectivity index (χ2n) is 6.20. The number of piperidine rings is 1. The summed E-state index contributed by atoms with van der Waals surface area (Å²) in [4.78, 5) is 11.8. The summed E-state index contributed by atoms with van der Waals surface area (Å²) in [6.45, 7) is 0.794. The van der Waals surface area contributed by atoms with Crippen LogP contribution in [0.15, 0.2) is 54.6 Å². The summed E-state index contributed by atoms with van der Waals surface area (Å²) in [5, 5.41) is 3.04. The molecule has 0 saturated carbocycles. The van der Waals surface area contributed by atoms with E-state index in [0.717, 1.165) is 13.0 Å². The Morgan fingerprint density at radius 2 is 1.62 bits per heavy atom. The van der Waals surface area contributed by atoms with Crippen molar-refractivity contribution in [3.8, 4) is 0 Å². The highest BCUT2D eigenvalue weighted by Gasteiger charge is 2.38. The minimum atomic E-state index is 0.211. The number of carbonyl (C=O) groups excluding carboxylic acids is 1. The van der Waals surface area contributed by atoms with E-state index in [4.69, 9.17) is 0 Å². The van der Waals surface area contributed by atoms with Gasteiger partial charge in [-0.3, -0.25) is 4.79 Å². The van der Waals surface area contributed by atoms with E-state index in [1.54, 1.807) is 0 Å². The van der Waals surface area contributed by atoms with E-state index in [1.807, 2.05) is 0 Å². The van der Waals surface area contributed by atoms with Crippen molar-refractivity contribution in [2.45, 2.75) is 24.7 Å². The van der Waals surface area contributed by atoms with Crippen molar-refractivity contribution in [3.05, 3.63) is 71.3 Å². The molecule has 1 aliphatic heterocycles. The maximum atomic E-state index is 11.8. The molecule has 0 radical (unpaired) electrons. The fourth-order valence-corrected chi connectivity index (χ4v) is 4.05. The molecule has 1 saturated heterocycles. The normalized spacial score (nSPS) is 27.4. The minimum absolute atomic E-state index is 0.211. The first-order valence-corrected chi connectivity index (χ1v) is 7.73. The molecule has 21 heavy (non-hydrogen) atoms. The Bertz CT molecular complexity index is 664. The summed E-state index contributed by atoms with van der Waals surface area (Å²) in [5.74, 6) is 1.59. The molecule has 1 aliphatic carbocycles. The molecule has 1 fully saturated rings. The lowest BCUT2D eigenvalue weighted by Crippen LogP contribution is -2.42. The van der Waals surface area contributed by atoms with Crippen LogP contribution in [-0.4, -0.2) is 12.5 Å². The molecule has 2 nitrogen and oxygen atoms in total. The van der Waals surface area contributed by atoms with Gasteiger partial charge in [0.05, 0.1) is 0 Å². The third-order valence-corrected chi connectivity index (χ3v) is 5.05. The van der Waals surface area contributed by atoms with Gasteiger partial charge in [0.15, 0.2) is 0 Å². The van der Waals surface area contributed by atoms with Crippen LogP contribution in [0.2, 0.25) is 0 Å². The van der Waals surface area contributed by atoms with Gasteiger partial charge in [0, 0.05) is 24.8 Å². The highest BCUT2D eigenvalue weighted by atomic mass is 16.1.